The summed E-state index contributed by atoms with van der Waals surface area (Å²) in [5, 5.41) is 0. The molecule has 0 rings (SSSR count). The van der Waals surface area contributed by atoms with E-state index in [9.17, 15) is 0 Å². The van der Waals surface area contributed by atoms with Crippen LogP contribution in [0, 0.1) is 11.8 Å². The van der Waals surface area contributed by atoms with E-state index in [0.717, 1.165) is 6.54 Å². The molecule has 0 aliphatic rings. The smallest absolute Gasteiger partial charge is 0.0835 e. The molecule has 0 radical (unpaired) electrons. The van der Waals surface area contributed by atoms with Crippen molar-refractivity contribution < 1.29 is 0 Å². The zero-order chi connectivity index (χ0) is 16.3. The number of hydrogen-bond donors (Lipinski definition) is 0. The van der Waals surface area contributed by atoms with Crippen LogP contribution >= 0.6 is 11.6 Å². The highest BCUT2D eigenvalue weighted by atomic mass is 35.5. The van der Waals surface area contributed by atoms with Crippen molar-refractivity contribution in [1.29, 1.82) is 0 Å². The molecule has 0 aliphatic heterocycles. The van der Waals surface area contributed by atoms with Crippen LogP contribution in [0.5, 0.6) is 0 Å². The van der Waals surface area contributed by atoms with Crippen molar-refractivity contribution in [3.8, 4) is 11.8 Å². The molecule has 0 aromatic carbocycles. The van der Waals surface area contributed by atoms with E-state index in [-0.39, 0.29) is 0 Å². The standard InChI is InChI=1S/C20H38ClN/c1-3-5-7-9-11-14-18-22(20-16-13-17-21)19-15-12-10-8-6-4-2/h3-12,14-15,17-20H2,1-2H3. The third-order valence-corrected chi connectivity index (χ3v) is 4.28. The van der Waals surface area contributed by atoms with E-state index in [1.165, 1.54) is 90.1 Å². The van der Waals surface area contributed by atoms with E-state index in [2.05, 4.69) is 30.6 Å². The number of hydrogen-bond acceptors (Lipinski definition) is 1. The highest BCUT2D eigenvalue weighted by molar-refractivity contribution is 6.19. The van der Waals surface area contributed by atoms with E-state index in [0.29, 0.717) is 5.88 Å². The van der Waals surface area contributed by atoms with Crippen LogP contribution in [0.4, 0.5) is 0 Å². The summed E-state index contributed by atoms with van der Waals surface area (Å²) in [6.07, 6.45) is 16.4. The number of unbranched alkanes of at least 4 members (excludes halogenated alkanes) is 10. The van der Waals surface area contributed by atoms with Gasteiger partial charge < -0.3 is 0 Å². The molecule has 0 heterocycles. The van der Waals surface area contributed by atoms with Gasteiger partial charge in [-0.1, -0.05) is 89.9 Å². The van der Waals surface area contributed by atoms with E-state index in [4.69, 9.17) is 11.6 Å². The molecule has 0 aromatic heterocycles. The number of halogens is 1. The van der Waals surface area contributed by atoms with Gasteiger partial charge in [0.15, 0.2) is 0 Å². The van der Waals surface area contributed by atoms with Crippen molar-refractivity contribution >= 4 is 11.6 Å². The van der Waals surface area contributed by atoms with Crippen molar-refractivity contribution in [2.24, 2.45) is 0 Å². The minimum atomic E-state index is 0.460. The number of rotatable bonds is 15. The van der Waals surface area contributed by atoms with Gasteiger partial charge in [0.1, 0.15) is 0 Å². The van der Waals surface area contributed by atoms with Crippen molar-refractivity contribution in [1.82, 2.24) is 4.90 Å². The Morgan fingerprint density at radius 3 is 1.55 bits per heavy atom. The summed E-state index contributed by atoms with van der Waals surface area (Å²) in [5.41, 5.74) is 0. The molecule has 0 amide bonds. The molecule has 0 saturated carbocycles. The fraction of sp³-hybridized carbons (Fsp3) is 0.900. The van der Waals surface area contributed by atoms with Gasteiger partial charge in [-0.15, -0.1) is 11.6 Å². The van der Waals surface area contributed by atoms with Crippen LogP contribution in [0.15, 0.2) is 0 Å². The minimum Gasteiger partial charge on any atom is -0.292 e. The molecule has 0 saturated heterocycles. The van der Waals surface area contributed by atoms with Gasteiger partial charge >= 0.3 is 0 Å². The van der Waals surface area contributed by atoms with Gasteiger partial charge in [-0.05, 0) is 25.9 Å². The van der Waals surface area contributed by atoms with Crippen LogP contribution in [0.3, 0.4) is 0 Å². The fourth-order valence-electron chi connectivity index (χ4n) is 2.72. The lowest BCUT2D eigenvalue weighted by Gasteiger charge is -2.19. The van der Waals surface area contributed by atoms with Gasteiger partial charge in [-0.25, -0.2) is 0 Å². The first-order chi connectivity index (χ1) is 10.8. The largest absolute Gasteiger partial charge is 0.292 e. The van der Waals surface area contributed by atoms with Crippen molar-refractivity contribution in [3.05, 3.63) is 0 Å². The van der Waals surface area contributed by atoms with Gasteiger partial charge in [-0.2, -0.15) is 0 Å². The van der Waals surface area contributed by atoms with Crippen LogP contribution in [-0.4, -0.2) is 30.4 Å². The van der Waals surface area contributed by atoms with Crippen molar-refractivity contribution in [3.63, 3.8) is 0 Å². The molecule has 0 N–H and O–H groups in total. The third-order valence-electron chi connectivity index (χ3n) is 4.15. The fourth-order valence-corrected chi connectivity index (χ4v) is 2.81. The molecule has 0 bridgehead atoms. The molecule has 2 heteroatoms. The summed E-state index contributed by atoms with van der Waals surface area (Å²) in [5.74, 6) is 6.65. The van der Waals surface area contributed by atoms with Crippen LogP contribution < -0.4 is 0 Å². The average Bonchev–Trinajstić information content (AvgIpc) is 2.53. The summed E-state index contributed by atoms with van der Waals surface area (Å²) < 4.78 is 0. The summed E-state index contributed by atoms with van der Waals surface area (Å²) in [7, 11) is 0. The summed E-state index contributed by atoms with van der Waals surface area (Å²) in [6, 6.07) is 0. The quantitative estimate of drug-likeness (QED) is 0.195. The minimum absolute atomic E-state index is 0.460. The average molecular weight is 328 g/mol. The molecule has 0 spiro atoms. The number of nitrogens with zero attached hydrogens (tertiary/aromatic N) is 1. The molecular weight excluding hydrogens is 290 g/mol. The van der Waals surface area contributed by atoms with Gasteiger partial charge in [0.25, 0.3) is 0 Å². The molecule has 130 valence electrons. The van der Waals surface area contributed by atoms with E-state index < -0.39 is 0 Å². The summed E-state index contributed by atoms with van der Waals surface area (Å²) >= 11 is 5.64. The van der Waals surface area contributed by atoms with Gasteiger partial charge in [0.05, 0.1) is 12.4 Å². The molecule has 22 heavy (non-hydrogen) atoms. The van der Waals surface area contributed by atoms with Gasteiger partial charge in [0.2, 0.25) is 0 Å². The molecular formula is C20H38ClN. The second kappa shape index (κ2) is 18.9. The normalized spacial score (nSPS) is 10.7. The molecule has 0 aliphatic carbocycles. The maximum Gasteiger partial charge on any atom is 0.0835 e. The Balaban J connectivity index is 3.74. The lowest BCUT2D eigenvalue weighted by molar-refractivity contribution is 0.290. The Hall–Kier alpha value is -0.190. The van der Waals surface area contributed by atoms with E-state index in [1.54, 1.807) is 0 Å². The molecule has 0 unspecified atom stereocenters. The maximum absolute atomic E-state index is 5.64. The zero-order valence-electron chi connectivity index (χ0n) is 15.1. The predicted molar refractivity (Wildman–Crippen MR) is 102 cm³/mol. The van der Waals surface area contributed by atoms with Crippen LogP contribution in [0.2, 0.25) is 0 Å². The van der Waals surface area contributed by atoms with Gasteiger partial charge in [0, 0.05) is 0 Å². The molecule has 0 fully saturated rings. The first-order valence-electron chi connectivity index (χ1n) is 9.59. The summed E-state index contributed by atoms with van der Waals surface area (Å²) in [4.78, 5) is 2.53. The molecule has 0 aromatic rings. The second-order valence-electron chi connectivity index (χ2n) is 6.30. The lowest BCUT2D eigenvalue weighted by Crippen LogP contribution is -2.26. The molecule has 1 nitrogen and oxygen atoms in total. The molecule has 0 atom stereocenters. The Kier molecular flexibility index (Phi) is 18.7. The highest BCUT2D eigenvalue weighted by Gasteiger charge is 2.03. The van der Waals surface area contributed by atoms with Gasteiger partial charge in [-0.3, -0.25) is 4.90 Å². The Morgan fingerprint density at radius 2 is 1.09 bits per heavy atom. The Labute approximate surface area is 145 Å². The summed E-state index contributed by atoms with van der Waals surface area (Å²) in [6.45, 7) is 7.86. The Morgan fingerprint density at radius 1 is 0.636 bits per heavy atom. The van der Waals surface area contributed by atoms with E-state index in [1.807, 2.05) is 0 Å². The first-order valence-corrected chi connectivity index (χ1v) is 10.1. The van der Waals surface area contributed by atoms with E-state index >= 15 is 0 Å². The lowest BCUT2D eigenvalue weighted by atomic mass is 10.1. The first kappa shape index (κ1) is 21.8. The zero-order valence-corrected chi connectivity index (χ0v) is 15.9. The highest BCUT2D eigenvalue weighted by Crippen LogP contribution is 2.08. The monoisotopic (exact) mass is 327 g/mol. The van der Waals surface area contributed by atoms with Crippen LogP contribution in [0.25, 0.3) is 0 Å². The predicted octanol–water partition coefficient (Wildman–Crippen LogP) is 6.25. The second-order valence-corrected chi connectivity index (χ2v) is 6.57. The SMILES string of the molecule is CCCCCCCCN(CC#CCCl)CCCCCCCC. The topological polar surface area (TPSA) is 3.24 Å². The van der Waals surface area contributed by atoms with Crippen molar-refractivity contribution in [2.75, 3.05) is 25.5 Å². The maximum atomic E-state index is 5.64. The van der Waals surface area contributed by atoms with Crippen LogP contribution in [-0.2, 0) is 0 Å². The van der Waals surface area contributed by atoms with Crippen molar-refractivity contribution in [2.45, 2.75) is 90.9 Å². The number of alkyl halides is 1. The van der Waals surface area contributed by atoms with Crippen LogP contribution in [0.1, 0.15) is 90.9 Å². The Bertz CT molecular complexity index is 251. The third kappa shape index (κ3) is 16.2.